The topological polar surface area (TPSA) is 61.6 Å². The van der Waals surface area contributed by atoms with Gasteiger partial charge in [0.25, 0.3) is 0 Å². The molecule has 0 N–H and O–H groups in total. The number of benzene rings is 2. The van der Waals surface area contributed by atoms with Crippen molar-refractivity contribution in [3.05, 3.63) is 56.5 Å². The Balaban J connectivity index is 2.40. The van der Waals surface area contributed by atoms with Crippen molar-refractivity contribution >= 4 is 21.6 Å². The zero-order chi connectivity index (χ0) is 14.7. The smallest absolute Gasteiger partial charge is 0.311 e. The summed E-state index contributed by atoms with van der Waals surface area (Å²) in [7, 11) is 1.49. The fourth-order valence-corrected chi connectivity index (χ4v) is 1.91. The van der Waals surface area contributed by atoms with Gasteiger partial charge in [-0.25, -0.2) is 0 Å². The van der Waals surface area contributed by atoms with E-state index in [1.54, 1.807) is 12.1 Å². The molecule has 0 aliphatic heterocycles. The first kappa shape index (κ1) is 14.3. The van der Waals surface area contributed by atoms with Crippen LogP contribution in [-0.4, -0.2) is 12.0 Å². The number of nitrogens with zero attached hydrogens (tertiary/aromatic N) is 1. The van der Waals surface area contributed by atoms with Crippen molar-refractivity contribution < 1.29 is 14.4 Å². The number of hydrogen-bond donors (Lipinski definition) is 0. The molecule has 0 atom stereocenters. The number of hydrogen-bond acceptors (Lipinski definition) is 4. The van der Waals surface area contributed by atoms with Gasteiger partial charge >= 0.3 is 5.69 Å². The van der Waals surface area contributed by atoms with E-state index in [0.717, 1.165) is 10.0 Å². The van der Waals surface area contributed by atoms with Gasteiger partial charge < -0.3 is 9.47 Å². The summed E-state index contributed by atoms with van der Waals surface area (Å²) < 4.78 is 11.6. The lowest BCUT2D eigenvalue weighted by Gasteiger charge is -2.09. The van der Waals surface area contributed by atoms with Gasteiger partial charge in [0.2, 0.25) is 5.75 Å². The first-order valence-corrected chi connectivity index (χ1v) is 6.57. The number of methoxy groups -OCH3 is 1. The Kier molecular flexibility index (Phi) is 4.24. The lowest BCUT2D eigenvalue weighted by Crippen LogP contribution is -1.95. The molecule has 2 aromatic rings. The van der Waals surface area contributed by atoms with Crippen LogP contribution in [0, 0.1) is 17.0 Å². The van der Waals surface area contributed by atoms with E-state index in [1.807, 2.05) is 13.0 Å². The van der Waals surface area contributed by atoms with Gasteiger partial charge in [0.1, 0.15) is 11.5 Å². The van der Waals surface area contributed by atoms with Gasteiger partial charge in [-0.3, -0.25) is 10.1 Å². The molecule has 6 heteroatoms. The van der Waals surface area contributed by atoms with Gasteiger partial charge in [-0.15, -0.1) is 0 Å². The maximum Gasteiger partial charge on any atom is 0.311 e. The fourth-order valence-electron chi connectivity index (χ4n) is 1.66. The number of halogens is 1. The molecule has 104 valence electrons. The van der Waals surface area contributed by atoms with E-state index in [0.29, 0.717) is 11.5 Å². The van der Waals surface area contributed by atoms with E-state index in [4.69, 9.17) is 9.47 Å². The summed E-state index contributed by atoms with van der Waals surface area (Å²) in [5, 5.41) is 11.0. The van der Waals surface area contributed by atoms with Crippen LogP contribution in [0.5, 0.6) is 17.2 Å². The molecule has 0 spiro atoms. The van der Waals surface area contributed by atoms with Crippen LogP contribution in [0.25, 0.3) is 0 Å². The van der Waals surface area contributed by atoms with E-state index in [-0.39, 0.29) is 11.4 Å². The van der Waals surface area contributed by atoms with Crippen molar-refractivity contribution in [1.29, 1.82) is 0 Å². The molecular formula is C14H12BrNO4. The molecule has 0 aliphatic carbocycles. The standard InChI is InChI=1S/C14H12BrNO4/c1-9-7-11(3-5-12(9)15)20-14-8-10(19-2)4-6-13(14)16(17)18/h3-8H,1-2H3. The molecule has 0 fully saturated rings. The van der Waals surface area contributed by atoms with Crippen LogP contribution >= 0.6 is 15.9 Å². The second-order valence-electron chi connectivity index (χ2n) is 4.10. The molecule has 0 unspecified atom stereocenters. The summed E-state index contributed by atoms with van der Waals surface area (Å²) in [5.41, 5.74) is 0.874. The third-order valence-electron chi connectivity index (χ3n) is 2.72. The molecule has 0 bridgehead atoms. The number of rotatable bonds is 4. The zero-order valence-corrected chi connectivity index (χ0v) is 12.5. The quantitative estimate of drug-likeness (QED) is 0.610. The third-order valence-corrected chi connectivity index (χ3v) is 3.61. The lowest BCUT2D eigenvalue weighted by molar-refractivity contribution is -0.385. The van der Waals surface area contributed by atoms with Gasteiger partial charge in [0.15, 0.2) is 0 Å². The Morgan fingerprint density at radius 1 is 1.15 bits per heavy atom. The number of nitro groups is 1. The van der Waals surface area contributed by atoms with Crippen LogP contribution < -0.4 is 9.47 Å². The zero-order valence-electron chi connectivity index (χ0n) is 10.9. The minimum atomic E-state index is -0.486. The van der Waals surface area contributed by atoms with E-state index in [9.17, 15) is 10.1 Å². The molecule has 5 nitrogen and oxygen atoms in total. The van der Waals surface area contributed by atoms with E-state index >= 15 is 0 Å². The minimum absolute atomic E-state index is 0.105. The Morgan fingerprint density at radius 3 is 2.45 bits per heavy atom. The normalized spacial score (nSPS) is 10.2. The lowest BCUT2D eigenvalue weighted by atomic mass is 10.2. The molecule has 0 amide bonds. The van der Waals surface area contributed by atoms with Crippen molar-refractivity contribution in [2.45, 2.75) is 6.92 Å². The van der Waals surface area contributed by atoms with Gasteiger partial charge in [0, 0.05) is 16.6 Å². The maximum absolute atomic E-state index is 11.0. The Morgan fingerprint density at radius 2 is 1.85 bits per heavy atom. The second-order valence-corrected chi connectivity index (χ2v) is 4.96. The second kappa shape index (κ2) is 5.92. The summed E-state index contributed by atoms with van der Waals surface area (Å²) in [6, 6.07) is 9.75. The maximum atomic E-state index is 11.0. The highest BCUT2D eigenvalue weighted by Crippen LogP contribution is 2.35. The van der Waals surface area contributed by atoms with E-state index in [1.165, 1.54) is 25.3 Å². The van der Waals surface area contributed by atoms with Crippen LogP contribution in [0.1, 0.15) is 5.56 Å². The van der Waals surface area contributed by atoms with Crippen LogP contribution in [0.3, 0.4) is 0 Å². The molecule has 0 saturated heterocycles. The first-order chi connectivity index (χ1) is 9.51. The molecule has 2 rings (SSSR count). The summed E-state index contributed by atoms with van der Waals surface area (Å²) in [6.45, 7) is 1.91. The summed E-state index contributed by atoms with van der Waals surface area (Å²) >= 11 is 3.39. The minimum Gasteiger partial charge on any atom is -0.497 e. The van der Waals surface area contributed by atoms with Gasteiger partial charge in [0.05, 0.1) is 12.0 Å². The molecule has 20 heavy (non-hydrogen) atoms. The molecule has 0 radical (unpaired) electrons. The number of ether oxygens (including phenoxy) is 2. The van der Waals surface area contributed by atoms with Crippen molar-refractivity contribution in [3.8, 4) is 17.2 Å². The average Bonchev–Trinajstić information content (AvgIpc) is 2.42. The van der Waals surface area contributed by atoms with Crippen molar-refractivity contribution in [2.24, 2.45) is 0 Å². The first-order valence-electron chi connectivity index (χ1n) is 5.77. The third kappa shape index (κ3) is 3.08. The summed E-state index contributed by atoms with van der Waals surface area (Å²) in [5.74, 6) is 1.18. The number of aryl methyl sites for hydroxylation is 1. The Labute approximate surface area is 124 Å². The highest BCUT2D eigenvalue weighted by Gasteiger charge is 2.17. The van der Waals surface area contributed by atoms with Crippen LogP contribution in [0.2, 0.25) is 0 Å². The molecule has 0 aliphatic rings. The molecule has 0 saturated carbocycles. The molecule has 0 aromatic heterocycles. The Bertz CT molecular complexity index is 658. The Hall–Kier alpha value is -2.08. The highest BCUT2D eigenvalue weighted by atomic mass is 79.9. The van der Waals surface area contributed by atoms with Crippen LogP contribution in [0.4, 0.5) is 5.69 Å². The number of nitro benzene ring substituents is 1. The van der Waals surface area contributed by atoms with Crippen molar-refractivity contribution in [1.82, 2.24) is 0 Å². The van der Waals surface area contributed by atoms with Crippen LogP contribution in [-0.2, 0) is 0 Å². The van der Waals surface area contributed by atoms with Crippen molar-refractivity contribution in [2.75, 3.05) is 7.11 Å². The molecule has 0 heterocycles. The summed E-state index contributed by atoms with van der Waals surface area (Å²) in [6.07, 6.45) is 0. The van der Waals surface area contributed by atoms with Crippen LogP contribution in [0.15, 0.2) is 40.9 Å². The predicted octanol–water partition coefficient (Wildman–Crippen LogP) is 4.47. The molecule has 2 aromatic carbocycles. The predicted molar refractivity (Wildman–Crippen MR) is 78.6 cm³/mol. The van der Waals surface area contributed by atoms with Gasteiger partial charge in [-0.2, -0.15) is 0 Å². The van der Waals surface area contributed by atoms with E-state index < -0.39 is 4.92 Å². The van der Waals surface area contributed by atoms with Crippen molar-refractivity contribution in [3.63, 3.8) is 0 Å². The van der Waals surface area contributed by atoms with Gasteiger partial charge in [-0.1, -0.05) is 15.9 Å². The largest absolute Gasteiger partial charge is 0.497 e. The van der Waals surface area contributed by atoms with E-state index in [2.05, 4.69) is 15.9 Å². The fraction of sp³-hybridized carbons (Fsp3) is 0.143. The van der Waals surface area contributed by atoms with Gasteiger partial charge in [-0.05, 0) is 36.8 Å². The monoisotopic (exact) mass is 337 g/mol. The summed E-state index contributed by atoms with van der Waals surface area (Å²) in [4.78, 5) is 10.5. The average molecular weight is 338 g/mol. The highest BCUT2D eigenvalue weighted by molar-refractivity contribution is 9.10. The SMILES string of the molecule is COc1ccc([N+](=O)[O-])c(Oc2ccc(Br)c(C)c2)c1. The molecular weight excluding hydrogens is 326 g/mol.